The van der Waals surface area contributed by atoms with Gasteiger partial charge in [-0.2, -0.15) is 0 Å². The standard InChI is InChI=1S/C11H14N4O3/c12-9-7-1-2-15(10(7)14-5-13-9)11-8(17)3-6(4-16)18-11/h1-2,5-6,8,11,16-17H,3-4H2,(H2,12,13,14)/t6-,8+,11+/m1/s1. The molecule has 0 saturated carbocycles. The molecule has 0 radical (unpaired) electrons. The zero-order chi connectivity index (χ0) is 12.7. The highest BCUT2D eigenvalue weighted by Crippen LogP contribution is 2.31. The topological polar surface area (TPSA) is 106 Å². The Kier molecular flexibility index (Phi) is 2.66. The van der Waals surface area contributed by atoms with Crippen molar-refractivity contribution in [3.05, 3.63) is 18.6 Å². The second kappa shape index (κ2) is 4.20. The molecule has 0 bridgehead atoms. The molecule has 2 aromatic rings. The number of fused-ring (bicyclic) bond motifs is 1. The van der Waals surface area contributed by atoms with Crippen LogP contribution in [-0.4, -0.2) is 43.6 Å². The lowest BCUT2D eigenvalue weighted by Gasteiger charge is -2.17. The van der Waals surface area contributed by atoms with Gasteiger partial charge in [-0.05, 0) is 6.07 Å². The average Bonchev–Trinajstić information content (AvgIpc) is 2.93. The highest BCUT2D eigenvalue weighted by molar-refractivity contribution is 5.86. The Morgan fingerprint density at radius 1 is 1.50 bits per heavy atom. The van der Waals surface area contributed by atoms with E-state index in [0.717, 1.165) is 5.39 Å². The van der Waals surface area contributed by atoms with Crippen LogP contribution in [0.4, 0.5) is 5.82 Å². The minimum absolute atomic E-state index is 0.107. The van der Waals surface area contributed by atoms with Gasteiger partial charge in [-0.3, -0.25) is 0 Å². The van der Waals surface area contributed by atoms with E-state index in [0.29, 0.717) is 17.9 Å². The third kappa shape index (κ3) is 1.64. The fraction of sp³-hybridized carbons (Fsp3) is 0.455. The lowest BCUT2D eigenvalue weighted by atomic mass is 10.2. The van der Waals surface area contributed by atoms with Crippen LogP contribution in [0.5, 0.6) is 0 Å². The number of hydrogen-bond donors (Lipinski definition) is 3. The molecule has 3 rings (SSSR count). The summed E-state index contributed by atoms with van der Waals surface area (Å²) in [4.78, 5) is 8.06. The van der Waals surface area contributed by atoms with Gasteiger partial charge in [-0.15, -0.1) is 0 Å². The number of hydrogen-bond acceptors (Lipinski definition) is 6. The van der Waals surface area contributed by atoms with Crippen LogP contribution in [0.3, 0.4) is 0 Å². The lowest BCUT2D eigenvalue weighted by Crippen LogP contribution is -2.19. The van der Waals surface area contributed by atoms with Crippen molar-refractivity contribution in [1.82, 2.24) is 14.5 Å². The number of aliphatic hydroxyl groups excluding tert-OH is 2. The molecule has 1 aliphatic heterocycles. The fourth-order valence-electron chi connectivity index (χ4n) is 2.29. The average molecular weight is 250 g/mol. The third-order valence-electron chi connectivity index (χ3n) is 3.18. The van der Waals surface area contributed by atoms with Gasteiger partial charge in [0.2, 0.25) is 0 Å². The number of aliphatic hydroxyl groups is 2. The maximum atomic E-state index is 9.96. The number of nitrogens with two attached hydrogens (primary N) is 1. The molecule has 3 atom stereocenters. The number of nitrogens with zero attached hydrogens (tertiary/aromatic N) is 3. The van der Waals surface area contributed by atoms with Gasteiger partial charge in [-0.1, -0.05) is 0 Å². The Morgan fingerprint density at radius 3 is 3.06 bits per heavy atom. The predicted molar refractivity (Wildman–Crippen MR) is 63.6 cm³/mol. The van der Waals surface area contributed by atoms with Crippen molar-refractivity contribution in [2.75, 3.05) is 12.3 Å². The van der Waals surface area contributed by atoms with Gasteiger partial charge in [0.25, 0.3) is 0 Å². The Labute approximate surface area is 103 Å². The normalized spacial score (nSPS) is 28.0. The zero-order valence-corrected chi connectivity index (χ0v) is 9.60. The van der Waals surface area contributed by atoms with Crippen molar-refractivity contribution < 1.29 is 14.9 Å². The number of aromatic nitrogens is 3. The van der Waals surface area contributed by atoms with Crippen molar-refractivity contribution >= 4 is 16.9 Å². The molecule has 7 nitrogen and oxygen atoms in total. The van der Waals surface area contributed by atoms with Crippen LogP contribution in [0.15, 0.2) is 18.6 Å². The maximum Gasteiger partial charge on any atom is 0.161 e. The number of anilines is 1. The van der Waals surface area contributed by atoms with E-state index in [1.807, 2.05) is 0 Å². The van der Waals surface area contributed by atoms with Crippen molar-refractivity contribution in [3.63, 3.8) is 0 Å². The van der Waals surface area contributed by atoms with Crippen LogP contribution in [0.25, 0.3) is 11.0 Å². The molecule has 4 N–H and O–H groups in total. The molecule has 0 aliphatic carbocycles. The van der Waals surface area contributed by atoms with Gasteiger partial charge in [0.1, 0.15) is 23.9 Å². The first-order valence-corrected chi connectivity index (χ1v) is 5.72. The molecule has 0 spiro atoms. The van der Waals surface area contributed by atoms with E-state index in [1.54, 1.807) is 16.8 Å². The van der Waals surface area contributed by atoms with Crippen LogP contribution < -0.4 is 5.73 Å². The van der Waals surface area contributed by atoms with Crippen LogP contribution in [-0.2, 0) is 4.74 Å². The first kappa shape index (κ1) is 11.4. The van der Waals surface area contributed by atoms with E-state index in [2.05, 4.69) is 9.97 Å². The highest BCUT2D eigenvalue weighted by Gasteiger charge is 2.35. The minimum Gasteiger partial charge on any atom is -0.394 e. The van der Waals surface area contributed by atoms with Crippen LogP contribution in [0.1, 0.15) is 12.6 Å². The second-order valence-corrected chi connectivity index (χ2v) is 4.35. The lowest BCUT2D eigenvalue weighted by molar-refractivity contribution is -0.0484. The summed E-state index contributed by atoms with van der Waals surface area (Å²) in [5.41, 5.74) is 6.36. The molecule has 18 heavy (non-hydrogen) atoms. The summed E-state index contributed by atoms with van der Waals surface area (Å²) in [7, 11) is 0. The summed E-state index contributed by atoms with van der Waals surface area (Å²) >= 11 is 0. The van der Waals surface area contributed by atoms with Crippen molar-refractivity contribution in [3.8, 4) is 0 Å². The molecule has 1 saturated heterocycles. The highest BCUT2D eigenvalue weighted by atomic mass is 16.5. The Morgan fingerprint density at radius 2 is 2.33 bits per heavy atom. The summed E-state index contributed by atoms with van der Waals surface area (Å²) in [5, 5.41) is 19.7. The van der Waals surface area contributed by atoms with Crippen molar-refractivity contribution in [1.29, 1.82) is 0 Å². The Hall–Kier alpha value is -1.70. The third-order valence-corrected chi connectivity index (χ3v) is 3.18. The number of ether oxygens (including phenoxy) is 1. The zero-order valence-electron chi connectivity index (χ0n) is 9.60. The van der Waals surface area contributed by atoms with Gasteiger partial charge in [0, 0.05) is 12.6 Å². The Balaban J connectivity index is 2.02. The molecule has 1 fully saturated rings. The van der Waals surface area contributed by atoms with E-state index in [4.69, 9.17) is 15.6 Å². The van der Waals surface area contributed by atoms with Gasteiger partial charge in [0.15, 0.2) is 6.23 Å². The van der Waals surface area contributed by atoms with Crippen molar-refractivity contribution in [2.45, 2.75) is 24.9 Å². The largest absolute Gasteiger partial charge is 0.394 e. The maximum absolute atomic E-state index is 9.96. The molecule has 0 aromatic carbocycles. The van der Waals surface area contributed by atoms with Crippen molar-refractivity contribution in [2.24, 2.45) is 0 Å². The van der Waals surface area contributed by atoms with Gasteiger partial charge in [-0.25, -0.2) is 9.97 Å². The molecule has 0 amide bonds. The molecule has 96 valence electrons. The summed E-state index contributed by atoms with van der Waals surface area (Å²) in [5.74, 6) is 0.393. The molecule has 2 aromatic heterocycles. The molecular weight excluding hydrogens is 236 g/mol. The van der Waals surface area contributed by atoms with Gasteiger partial charge >= 0.3 is 0 Å². The SMILES string of the molecule is Nc1ncnc2c1ccn2[C@H]1O[C@@H](CO)C[C@@H]1O. The molecule has 7 heteroatoms. The fourth-order valence-corrected chi connectivity index (χ4v) is 2.29. The summed E-state index contributed by atoms with van der Waals surface area (Å²) < 4.78 is 7.29. The molecular formula is C11H14N4O3. The first-order chi connectivity index (χ1) is 8.70. The summed E-state index contributed by atoms with van der Waals surface area (Å²) in [6, 6.07) is 1.78. The predicted octanol–water partition coefficient (Wildman–Crippen LogP) is -0.346. The van der Waals surface area contributed by atoms with E-state index in [-0.39, 0.29) is 12.7 Å². The quantitative estimate of drug-likeness (QED) is 0.673. The van der Waals surface area contributed by atoms with E-state index < -0.39 is 12.3 Å². The van der Waals surface area contributed by atoms with E-state index in [1.165, 1.54) is 6.33 Å². The monoisotopic (exact) mass is 250 g/mol. The van der Waals surface area contributed by atoms with Crippen LogP contribution >= 0.6 is 0 Å². The number of nitrogen functional groups attached to an aromatic ring is 1. The molecule has 0 unspecified atom stereocenters. The van der Waals surface area contributed by atoms with Gasteiger partial charge < -0.3 is 25.3 Å². The second-order valence-electron chi connectivity index (χ2n) is 4.35. The summed E-state index contributed by atoms with van der Waals surface area (Å²) in [6.07, 6.45) is 1.97. The van der Waals surface area contributed by atoms with E-state index in [9.17, 15) is 5.11 Å². The van der Waals surface area contributed by atoms with Gasteiger partial charge in [0.05, 0.1) is 18.1 Å². The smallest absolute Gasteiger partial charge is 0.161 e. The Bertz CT molecular complexity index is 570. The van der Waals surface area contributed by atoms with Crippen LogP contribution in [0.2, 0.25) is 0 Å². The van der Waals surface area contributed by atoms with E-state index >= 15 is 0 Å². The molecule has 3 heterocycles. The number of rotatable bonds is 2. The molecule has 1 aliphatic rings. The minimum atomic E-state index is -0.672. The summed E-state index contributed by atoms with van der Waals surface area (Å²) in [6.45, 7) is -0.107. The first-order valence-electron chi connectivity index (χ1n) is 5.72. The van der Waals surface area contributed by atoms with Crippen LogP contribution in [0, 0.1) is 0 Å².